The molecule has 100 valence electrons. The zero-order valence-electron chi connectivity index (χ0n) is 10.8. The summed E-state index contributed by atoms with van der Waals surface area (Å²) in [5, 5.41) is 1.15. The summed E-state index contributed by atoms with van der Waals surface area (Å²) in [6, 6.07) is 0.864. The fourth-order valence-corrected chi connectivity index (χ4v) is 3.93. The second-order valence-corrected chi connectivity index (χ2v) is 6.37. The van der Waals surface area contributed by atoms with Crippen LogP contribution in [0.2, 0.25) is 0 Å². The summed E-state index contributed by atoms with van der Waals surface area (Å²) >= 11 is 1.74. The van der Waals surface area contributed by atoms with E-state index in [1.165, 1.54) is 43.6 Å². The highest BCUT2D eigenvalue weighted by molar-refractivity contribution is 7.15. The summed E-state index contributed by atoms with van der Waals surface area (Å²) in [6.07, 6.45) is 7.60. The summed E-state index contributed by atoms with van der Waals surface area (Å²) in [5.74, 6) is 0. The van der Waals surface area contributed by atoms with E-state index in [1.54, 1.807) is 11.3 Å². The highest BCUT2D eigenvalue weighted by Crippen LogP contribution is 2.27. The van der Waals surface area contributed by atoms with Gasteiger partial charge in [0.15, 0.2) is 5.13 Å². The first-order valence-corrected chi connectivity index (χ1v) is 7.82. The number of hydrogen-bond acceptors (Lipinski definition) is 5. The Morgan fingerprint density at radius 3 is 2.56 bits per heavy atom. The van der Waals surface area contributed by atoms with Gasteiger partial charge in [-0.1, -0.05) is 12.8 Å². The van der Waals surface area contributed by atoms with Gasteiger partial charge in [-0.15, -0.1) is 11.3 Å². The van der Waals surface area contributed by atoms with E-state index in [4.69, 9.17) is 5.73 Å². The molecule has 4 nitrogen and oxygen atoms in total. The van der Waals surface area contributed by atoms with Crippen LogP contribution in [-0.2, 0) is 6.54 Å². The van der Waals surface area contributed by atoms with Crippen LogP contribution in [0.1, 0.15) is 30.6 Å². The molecule has 2 heterocycles. The first kappa shape index (κ1) is 12.4. The summed E-state index contributed by atoms with van der Waals surface area (Å²) in [4.78, 5) is 10.8. The summed E-state index contributed by atoms with van der Waals surface area (Å²) in [7, 11) is 0. The quantitative estimate of drug-likeness (QED) is 0.904. The van der Waals surface area contributed by atoms with Crippen molar-refractivity contribution in [2.45, 2.75) is 38.3 Å². The predicted octanol–water partition coefficient (Wildman–Crippen LogP) is 1.67. The smallest absolute Gasteiger partial charge is 0.185 e. The highest BCUT2D eigenvalue weighted by atomic mass is 32.1. The molecule has 2 N–H and O–H groups in total. The van der Waals surface area contributed by atoms with Crippen molar-refractivity contribution in [2.75, 3.05) is 31.1 Å². The van der Waals surface area contributed by atoms with Crippen molar-refractivity contribution >= 4 is 16.5 Å². The van der Waals surface area contributed by atoms with Crippen molar-refractivity contribution in [3.63, 3.8) is 0 Å². The van der Waals surface area contributed by atoms with Crippen molar-refractivity contribution in [3.8, 4) is 0 Å². The largest absolute Gasteiger partial charge is 0.346 e. The molecule has 2 aliphatic rings. The number of aromatic nitrogens is 1. The molecule has 1 aliphatic heterocycles. The van der Waals surface area contributed by atoms with Gasteiger partial charge in [0.05, 0.1) is 0 Å². The molecule has 1 aromatic rings. The Morgan fingerprint density at radius 2 is 1.94 bits per heavy atom. The molecule has 0 spiro atoms. The second-order valence-electron chi connectivity index (χ2n) is 5.27. The van der Waals surface area contributed by atoms with E-state index in [0.717, 1.165) is 24.3 Å². The molecule has 2 fully saturated rings. The SMILES string of the molecule is NCc1cnc(N2CCN(C3CCCC3)CC2)s1. The maximum atomic E-state index is 5.64. The van der Waals surface area contributed by atoms with Crippen molar-refractivity contribution in [1.82, 2.24) is 9.88 Å². The highest BCUT2D eigenvalue weighted by Gasteiger charge is 2.26. The van der Waals surface area contributed by atoms with Crippen LogP contribution in [0.25, 0.3) is 0 Å². The van der Waals surface area contributed by atoms with Gasteiger partial charge in [-0.05, 0) is 12.8 Å². The van der Waals surface area contributed by atoms with E-state index < -0.39 is 0 Å². The third kappa shape index (κ3) is 2.53. The van der Waals surface area contributed by atoms with Gasteiger partial charge in [-0.3, -0.25) is 4.90 Å². The lowest BCUT2D eigenvalue weighted by atomic mass is 10.2. The van der Waals surface area contributed by atoms with Gasteiger partial charge >= 0.3 is 0 Å². The lowest BCUT2D eigenvalue weighted by Crippen LogP contribution is -2.49. The third-order valence-electron chi connectivity index (χ3n) is 4.17. The van der Waals surface area contributed by atoms with Crippen LogP contribution >= 0.6 is 11.3 Å². The van der Waals surface area contributed by atoms with Gasteiger partial charge in [0, 0.05) is 49.8 Å². The second kappa shape index (κ2) is 5.55. The molecule has 5 heteroatoms. The van der Waals surface area contributed by atoms with Crippen LogP contribution in [0.3, 0.4) is 0 Å². The Balaban J connectivity index is 1.55. The van der Waals surface area contributed by atoms with Crippen molar-refractivity contribution < 1.29 is 0 Å². The van der Waals surface area contributed by atoms with Gasteiger partial charge in [0.25, 0.3) is 0 Å². The first-order chi connectivity index (χ1) is 8.86. The standard InChI is InChI=1S/C13H22N4S/c14-9-12-10-15-13(18-12)17-7-5-16(6-8-17)11-3-1-2-4-11/h10-11H,1-9,14H2. The molecule has 1 saturated carbocycles. The van der Waals surface area contributed by atoms with Crippen LogP contribution in [0.5, 0.6) is 0 Å². The van der Waals surface area contributed by atoms with E-state index in [0.29, 0.717) is 6.54 Å². The van der Waals surface area contributed by atoms with E-state index in [-0.39, 0.29) is 0 Å². The molecule has 18 heavy (non-hydrogen) atoms. The molecule has 1 aliphatic carbocycles. The summed E-state index contributed by atoms with van der Waals surface area (Å²) < 4.78 is 0. The molecule has 0 bridgehead atoms. The molecule has 0 aromatic carbocycles. The monoisotopic (exact) mass is 266 g/mol. The first-order valence-electron chi connectivity index (χ1n) is 7.00. The van der Waals surface area contributed by atoms with Gasteiger partial charge in [0.2, 0.25) is 0 Å². The fraction of sp³-hybridized carbons (Fsp3) is 0.769. The van der Waals surface area contributed by atoms with E-state index in [1.807, 2.05) is 6.20 Å². The number of thiazole rings is 1. The molecule has 0 amide bonds. The summed E-state index contributed by atoms with van der Waals surface area (Å²) in [5.41, 5.74) is 5.64. The molecule has 3 rings (SSSR count). The van der Waals surface area contributed by atoms with E-state index in [2.05, 4.69) is 14.8 Å². The Hall–Kier alpha value is -0.650. The molecule has 0 radical (unpaired) electrons. The maximum absolute atomic E-state index is 5.64. The number of nitrogens with zero attached hydrogens (tertiary/aromatic N) is 3. The number of anilines is 1. The minimum atomic E-state index is 0.611. The topological polar surface area (TPSA) is 45.4 Å². The molecular weight excluding hydrogens is 244 g/mol. The van der Waals surface area contributed by atoms with Gasteiger partial charge in [0.1, 0.15) is 0 Å². The van der Waals surface area contributed by atoms with E-state index >= 15 is 0 Å². The third-order valence-corrected chi connectivity index (χ3v) is 5.25. The summed E-state index contributed by atoms with van der Waals surface area (Å²) in [6.45, 7) is 5.24. The number of rotatable bonds is 3. The van der Waals surface area contributed by atoms with Gasteiger partial charge in [-0.2, -0.15) is 0 Å². The average Bonchev–Trinajstić information content (AvgIpc) is 3.10. The number of hydrogen-bond donors (Lipinski definition) is 1. The molecule has 0 unspecified atom stereocenters. The minimum absolute atomic E-state index is 0.611. The van der Waals surface area contributed by atoms with Gasteiger partial charge in [-0.25, -0.2) is 4.98 Å². The molecule has 1 aromatic heterocycles. The Labute approximate surface area is 113 Å². The maximum Gasteiger partial charge on any atom is 0.185 e. The molecule has 1 saturated heterocycles. The predicted molar refractivity (Wildman–Crippen MR) is 76.0 cm³/mol. The normalized spacial score (nSPS) is 22.8. The Morgan fingerprint density at radius 1 is 1.22 bits per heavy atom. The lowest BCUT2D eigenvalue weighted by molar-refractivity contribution is 0.187. The van der Waals surface area contributed by atoms with Crippen LogP contribution in [0, 0.1) is 0 Å². The fourth-order valence-electron chi connectivity index (χ4n) is 3.09. The van der Waals surface area contributed by atoms with Gasteiger partial charge < -0.3 is 10.6 Å². The Kier molecular flexibility index (Phi) is 3.82. The van der Waals surface area contributed by atoms with Crippen molar-refractivity contribution in [3.05, 3.63) is 11.1 Å². The minimum Gasteiger partial charge on any atom is -0.346 e. The average molecular weight is 266 g/mol. The zero-order chi connectivity index (χ0) is 12.4. The van der Waals surface area contributed by atoms with E-state index in [9.17, 15) is 0 Å². The zero-order valence-corrected chi connectivity index (χ0v) is 11.7. The van der Waals surface area contributed by atoms with Crippen LogP contribution in [0.15, 0.2) is 6.20 Å². The molecular formula is C13H22N4S. The van der Waals surface area contributed by atoms with Crippen molar-refractivity contribution in [2.24, 2.45) is 5.73 Å². The van der Waals surface area contributed by atoms with Crippen LogP contribution in [-0.4, -0.2) is 42.1 Å². The molecule has 0 atom stereocenters. The van der Waals surface area contributed by atoms with Crippen LogP contribution < -0.4 is 10.6 Å². The number of piperazine rings is 1. The van der Waals surface area contributed by atoms with Crippen molar-refractivity contribution in [1.29, 1.82) is 0 Å². The van der Waals surface area contributed by atoms with Crippen LogP contribution in [0.4, 0.5) is 5.13 Å². The number of nitrogens with two attached hydrogens (primary N) is 1. The Bertz CT molecular complexity index is 378. The lowest BCUT2D eigenvalue weighted by Gasteiger charge is -2.37.